The minimum Gasteiger partial charge on any atom is -0.491 e. The number of ether oxygens (including phenoxy) is 1. The summed E-state index contributed by atoms with van der Waals surface area (Å²) < 4.78 is 7.56. The van der Waals surface area contributed by atoms with E-state index in [4.69, 9.17) is 4.74 Å². The van der Waals surface area contributed by atoms with Crippen LogP contribution in [0.15, 0.2) is 48.7 Å². The maximum atomic E-state index is 9.99. The van der Waals surface area contributed by atoms with E-state index in [0.29, 0.717) is 6.54 Å². The van der Waals surface area contributed by atoms with Gasteiger partial charge in [-0.1, -0.05) is 18.2 Å². The zero-order chi connectivity index (χ0) is 16.8. The molecule has 1 aromatic carbocycles. The number of pyridine rings is 1. The number of aromatic nitrogens is 3. The first-order valence-electron chi connectivity index (χ1n) is 8.09. The third-order valence-corrected chi connectivity index (χ3v) is 3.72. The molecule has 0 amide bonds. The predicted octanol–water partition coefficient (Wildman–Crippen LogP) is 1.61. The number of hydrogen-bond donors (Lipinski definition) is 2. The van der Waals surface area contributed by atoms with E-state index in [-0.39, 0.29) is 6.61 Å². The average molecular weight is 326 g/mol. The van der Waals surface area contributed by atoms with Crippen molar-refractivity contribution in [1.29, 1.82) is 0 Å². The fourth-order valence-corrected chi connectivity index (χ4v) is 2.49. The van der Waals surface area contributed by atoms with Crippen LogP contribution in [0.3, 0.4) is 0 Å². The third-order valence-electron chi connectivity index (χ3n) is 3.72. The maximum absolute atomic E-state index is 9.99. The molecule has 3 aromatic rings. The second kappa shape index (κ2) is 7.90. The number of aliphatic hydroxyl groups excluding tert-OH is 1. The number of nitrogens with zero attached hydrogens (tertiary/aromatic N) is 3. The summed E-state index contributed by atoms with van der Waals surface area (Å²) >= 11 is 0. The summed E-state index contributed by atoms with van der Waals surface area (Å²) in [5.74, 6) is 1.69. The Morgan fingerprint density at radius 2 is 2.12 bits per heavy atom. The van der Waals surface area contributed by atoms with Crippen LogP contribution >= 0.6 is 0 Å². The monoisotopic (exact) mass is 326 g/mol. The van der Waals surface area contributed by atoms with Gasteiger partial charge in [-0.05, 0) is 36.8 Å². The largest absolute Gasteiger partial charge is 0.491 e. The summed E-state index contributed by atoms with van der Waals surface area (Å²) in [5.41, 5.74) is 1.99. The predicted molar refractivity (Wildman–Crippen MR) is 92.2 cm³/mol. The highest BCUT2D eigenvalue weighted by molar-refractivity contribution is 5.37. The van der Waals surface area contributed by atoms with Crippen molar-refractivity contribution in [1.82, 2.24) is 19.9 Å². The second-order valence-electron chi connectivity index (χ2n) is 5.78. The van der Waals surface area contributed by atoms with E-state index >= 15 is 0 Å². The third kappa shape index (κ3) is 4.31. The molecule has 0 bridgehead atoms. The Hall–Kier alpha value is -2.44. The summed E-state index contributed by atoms with van der Waals surface area (Å²) in [4.78, 5) is 0. The molecule has 0 radical (unpaired) electrons. The number of benzene rings is 1. The lowest BCUT2D eigenvalue weighted by molar-refractivity contribution is 0.106. The quantitative estimate of drug-likeness (QED) is 0.615. The Balaban J connectivity index is 1.38. The van der Waals surface area contributed by atoms with Gasteiger partial charge in [0.2, 0.25) is 0 Å². The van der Waals surface area contributed by atoms with Crippen LogP contribution in [-0.2, 0) is 6.42 Å². The van der Waals surface area contributed by atoms with Gasteiger partial charge in [-0.3, -0.25) is 4.40 Å². The van der Waals surface area contributed by atoms with Gasteiger partial charge in [0.1, 0.15) is 24.3 Å². The molecular weight excluding hydrogens is 304 g/mol. The summed E-state index contributed by atoms with van der Waals surface area (Å²) in [6, 6.07) is 13.6. The maximum Gasteiger partial charge on any atom is 0.160 e. The van der Waals surface area contributed by atoms with Crippen LogP contribution in [0.2, 0.25) is 0 Å². The summed E-state index contributed by atoms with van der Waals surface area (Å²) in [6.45, 7) is 3.48. The van der Waals surface area contributed by atoms with Crippen LogP contribution in [0.5, 0.6) is 5.75 Å². The van der Waals surface area contributed by atoms with E-state index in [0.717, 1.165) is 35.8 Å². The van der Waals surface area contributed by atoms with Gasteiger partial charge in [0, 0.05) is 25.7 Å². The molecule has 0 spiro atoms. The Morgan fingerprint density at radius 1 is 1.21 bits per heavy atom. The number of rotatable bonds is 8. The van der Waals surface area contributed by atoms with Crippen molar-refractivity contribution in [3.63, 3.8) is 0 Å². The number of aryl methyl sites for hydroxylation is 1. The molecule has 0 fully saturated rings. The first-order chi connectivity index (χ1) is 11.7. The molecule has 24 heavy (non-hydrogen) atoms. The average Bonchev–Trinajstić information content (AvgIpc) is 3.00. The van der Waals surface area contributed by atoms with Crippen molar-refractivity contribution in [3.8, 4) is 5.75 Å². The number of aliphatic hydroxyl groups is 1. The molecule has 1 atom stereocenters. The van der Waals surface area contributed by atoms with Crippen LogP contribution in [0.4, 0.5) is 0 Å². The Kier molecular flexibility index (Phi) is 5.40. The van der Waals surface area contributed by atoms with Crippen LogP contribution < -0.4 is 10.1 Å². The molecule has 0 saturated carbocycles. The van der Waals surface area contributed by atoms with Gasteiger partial charge in [0.15, 0.2) is 5.65 Å². The van der Waals surface area contributed by atoms with Crippen LogP contribution in [0.25, 0.3) is 5.65 Å². The van der Waals surface area contributed by atoms with Crippen molar-refractivity contribution < 1.29 is 9.84 Å². The van der Waals surface area contributed by atoms with Crippen LogP contribution in [0, 0.1) is 6.92 Å². The summed E-state index contributed by atoms with van der Waals surface area (Å²) in [7, 11) is 0. The van der Waals surface area contributed by atoms with Crippen molar-refractivity contribution >= 4 is 5.65 Å². The molecule has 2 heterocycles. The molecule has 1 unspecified atom stereocenters. The molecule has 3 rings (SSSR count). The molecule has 0 aliphatic heterocycles. The molecular formula is C18H22N4O2. The highest BCUT2D eigenvalue weighted by Gasteiger charge is 2.07. The van der Waals surface area contributed by atoms with E-state index in [2.05, 4.69) is 15.5 Å². The molecule has 2 aromatic heterocycles. The first kappa shape index (κ1) is 16.4. The Morgan fingerprint density at radius 3 is 3.00 bits per heavy atom. The fraction of sp³-hybridized carbons (Fsp3) is 0.333. The van der Waals surface area contributed by atoms with E-state index in [1.807, 2.05) is 60.0 Å². The molecule has 0 aliphatic carbocycles. The zero-order valence-corrected chi connectivity index (χ0v) is 13.7. The number of nitrogens with one attached hydrogen (secondary N) is 1. The van der Waals surface area contributed by atoms with Gasteiger partial charge in [-0.15, -0.1) is 10.2 Å². The van der Waals surface area contributed by atoms with E-state index in [1.165, 1.54) is 0 Å². The molecule has 6 heteroatoms. The lowest BCUT2D eigenvalue weighted by Crippen LogP contribution is -2.32. The zero-order valence-electron chi connectivity index (χ0n) is 13.7. The van der Waals surface area contributed by atoms with Crippen molar-refractivity contribution in [3.05, 3.63) is 60.0 Å². The fourth-order valence-electron chi connectivity index (χ4n) is 2.49. The lowest BCUT2D eigenvalue weighted by Gasteiger charge is -2.13. The van der Waals surface area contributed by atoms with Gasteiger partial charge in [0.05, 0.1) is 0 Å². The van der Waals surface area contributed by atoms with E-state index < -0.39 is 6.10 Å². The Labute approximate surface area is 141 Å². The molecule has 126 valence electrons. The molecule has 2 N–H and O–H groups in total. The summed E-state index contributed by atoms with van der Waals surface area (Å²) in [5, 5.41) is 21.5. The summed E-state index contributed by atoms with van der Waals surface area (Å²) in [6.07, 6.45) is 2.15. The normalized spacial score (nSPS) is 12.4. The van der Waals surface area contributed by atoms with Gasteiger partial charge in [-0.25, -0.2) is 0 Å². The topological polar surface area (TPSA) is 71.7 Å². The van der Waals surface area contributed by atoms with E-state index in [9.17, 15) is 5.11 Å². The van der Waals surface area contributed by atoms with Gasteiger partial charge >= 0.3 is 0 Å². The molecule has 0 aliphatic rings. The number of hydrogen-bond acceptors (Lipinski definition) is 5. The standard InChI is InChI=1S/C18H22N4O2/c1-14-5-4-6-16(11-14)24-13-15(23)12-19-9-8-18-21-20-17-7-2-3-10-22(17)18/h2-7,10-11,15,19,23H,8-9,12-13H2,1H3. The van der Waals surface area contributed by atoms with Crippen molar-refractivity contribution in [2.24, 2.45) is 0 Å². The van der Waals surface area contributed by atoms with Crippen molar-refractivity contribution in [2.45, 2.75) is 19.4 Å². The van der Waals surface area contributed by atoms with Crippen LogP contribution in [-0.4, -0.2) is 45.5 Å². The smallest absolute Gasteiger partial charge is 0.160 e. The van der Waals surface area contributed by atoms with E-state index in [1.54, 1.807) is 0 Å². The Bertz CT molecular complexity index is 787. The van der Waals surface area contributed by atoms with Gasteiger partial charge < -0.3 is 15.2 Å². The minimum absolute atomic E-state index is 0.268. The number of fused-ring (bicyclic) bond motifs is 1. The lowest BCUT2D eigenvalue weighted by atomic mass is 10.2. The molecule has 6 nitrogen and oxygen atoms in total. The highest BCUT2D eigenvalue weighted by Crippen LogP contribution is 2.12. The molecule has 0 saturated heterocycles. The van der Waals surface area contributed by atoms with Gasteiger partial charge in [-0.2, -0.15) is 0 Å². The SMILES string of the molecule is Cc1cccc(OCC(O)CNCCc2nnc3ccccn23)c1. The highest BCUT2D eigenvalue weighted by atomic mass is 16.5. The van der Waals surface area contributed by atoms with Crippen LogP contribution in [0.1, 0.15) is 11.4 Å². The van der Waals surface area contributed by atoms with Gasteiger partial charge in [0.25, 0.3) is 0 Å². The first-order valence-corrected chi connectivity index (χ1v) is 8.09. The van der Waals surface area contributed by atoms with Crippen molar-refractivity contribution in [2.75, 3.05) is 19.7 Å². The second-order valence-corrected chi connectivity index (χ2v) is 5.78. The minimum atomic E-state index is -0.555.